The molecule has 6 nitrogen and oxygen atoms in total. The maximum atomic E-state index is 13.0. The molecule has 0 unspecified atom stereocenters. The predicted molar refractivity (Wildman–Crippen MR) is 146 cm³/mol. The summed E-state index contributed by atoms with van der Waals surface area (Å²) in [5.41, 5.74) is 0.146. The molecule has 0 saturated heterocycles. The number of fused-ring (bicyclic) bond motifs is 1. The monoisotopic (exact) mass is 540 g/mol. The molecule has 2 N–H and O–H groups in total. The molecule has 9 heteroatoms. The molecule has 1 heterocycles. The summed E-state index contributed by atoms with van der Waals surface area (Å²) in [6, 6.07) is 18.5. The van der Waals surface area contributed by atoms with Crippen LogP contribution in [0.1, 0.15) is 51.2 Å². The van der Waals surface area contributed by atoms with Crippen LogP contribution >= 0.6 is 34.5 Å². The summed E-state index contributed by atoms with van der Waals surface area (Å²) in [5, 5.41) is 7.20. The first-order valence-electron chi connectivity index (χ1n) is 10.9. The number of carbonyl (C=O) groups excluding carboxylic acids is 3. The lowest BCUT2D eigenvalue weighted by Gasteiger charge is -2.21. The fourth-order valence-electron chi connectivity index (χ4n) is 3.40. The van der Waals surface area contributed by atoms with Gasteiger partial charge in [-0.1, -0.05) is 41.4 Å². The highest BCUT2D eigenvalue weighted by atomic mass is 35.5. The highest BCUT2D eigenvalue weighted by Gasteiger charge is 2.25. The van der Waals surface area contributed by atoms with Crippen LogP contribution in [-0.4, -0.2) is 23.4 Å². The summed E-state index contributed by atoms with van der Waals surface area (Å²) in [6.07, 6.45) is 0. The van der Waals surface area contributed by atoms with Crippen LogP contribution in [0, 0.1) is 0 Å². The van der Waals surface area contributed by atoms with E-state index in [9.17, 15) is 14.4 Å². The van der Waals surface area contributed by atoms with Gasteiger partial charge in [0.05, 0.1) is 16.1 Å². The molecule has 0 aliphatic heterocycles. The van der Waals surface area contributed by atoms with E-state index in [-0.39, 0.29) is 11.1 Å². The summed E-state index contributed by atoms with van der Waals surface area (Å²) < 4.78 is 6.40. The van der Waals surface area contributed by atoms with Crippen LogP contribution in [0.2, 0.25) is 10.0 Å². The van der Waals surface area contributed by atoms with Crippen LogP contribution in [0.4, 0.5) is 11.4 Å². The standard InChI is InChI=1S/C27H22Cl2N2O4S/c1-27(2,3)35-26(34)20-14-17(12-13-18(20)24(32)30-16-10-8-15(28)9-11-16)31-25(33)23-22(29)19-6-4-5-7-21(19)36-23/h4-14H,1-3H3,(H,30,32)(H,31,33). The minimum atomic E-state index is -0.787. The number of ether oxygens (including phenoxy) is 1. The number of hydrogen-bond donors (Lipinski definition) is 2. The van der Waals surface area contributed by atoms with Crippen molar-refractivity contribution in [3.63, 3.8) is 0 Å². The predicted octanol–water partition coefficient (Wildman–Crippen LogP) is 7.67. The van der Waals surface area contributed by atoms with Crippen LogP contribution in [0.15, 0.2) is 66.7 Å². The molecule has 0 radical (unpaired) electrons. The van der Waals surface area contributed by atoms with Gasteiger partial charge in [0.15, 0.2) is 0 Å². The molecule has 4 rings (SSSR count). The zero-order valence-electron chi connectivity index (χ0n) is 19.6. The molecule has 4 aromatic rings. The van der Waals surface area contributed by atoms with Gasteiger partial charge in [0.25, 0.3) is 11.8 Å². The molecule has 0 aliphatic carbocycles. The van der Waals surface area contributed by atoms with Crippen molar-refractivity contribution in [2.75, 3.05) is 10.6 Å². The summed E-state index contributed by atoms with van der Waals surface area (Å²) in [7, 11) is 0. The van der Waals surface area contributed by atoms with Crippen molar-refractivity contribution in [2.24, 2.45) is 0 Å². The molecule has 0 atom stereocenters. The van der Waals surface area contributed by atoms with E-state index in [2.05, 4.69) is 10.6 Å². The fourth-order valence-corrected chi connectivity index (χ4v) is 4.94. The number of anilines is 2. The Hall–Kier alpha value is -3.39. The van der Waals surface area contributed by atoms with Gasteiger partial charge in [-0.15, -0.1) is 11.3 Å². The maximum Gasteiger partial charge on any atom is 0.339 e. The lowest BCUT2D eigenvalue weighted by Crippen LogP contribution is -2.26. The van der Waals surface area contributed by atoms with E-state index in [0.29, 0.717) is 26.3 Å². The van der Waals surface area contributed by atoms with Gasteiger partial charge in [0, 0.05) is 26.5 Å². The van der Waals surface area contributed by atoms with Crippen molar-refractivity contribution >= 4 is 73.8 Å². The number of rotatable bonds is 5. The molecule has 0 spiro atoms. The Labute approximate surface area is 222 Å². The first-order chi connectivity index (χ1) is 17.0. The molecule has 1 aromatic heterocycles. The molecule has 36 heavy (non-hydrogen) atoms. The molecule has 0 saturated carbocycles. The Balaban J connectivity index is 1.65. The largest absolute Gasteiger partial charge is 0.456 e. The van der Waals surface area contributed by atoms with E-state index in [0.717, 1.165) is 10.1 Å². The molecule has 0 aliphatic rings. The number of halogens is 2. The zero-order valence-corrected chi connectivity index (χ0v) is 22.0. The van der Waals surface area contributed by atoms with Crippen molar-refractivity contribution in [1.82, 2.24) is 0 Å². The smallest absolute Gasteiger partial charge is 0.339 e. The Morgan fingerprint density at radius 3 is 2.11 bits per heavy atom. The fraction of sp³-hybridized carbons (Fsp3) is 0.148. The second-order valence-electron chi connectivity index (χ2n) is 8.92. The van der Waals surface area contributed by atoms with Gasteiger partial charge < -0.3 is 15.4 Å². The lowest BCUT2D eigenvalue weighted by molar-refractivity contribution is 0.00677. The zero-order chi connectivity index (χ0) is 26.0. The van der Waals surface area contributed by atoms with Gasteiger partial charge in [0.1, 0.15) is 10.5 Å². The van der Waals surface area contributed by atoms with Crippen molar-refractivity contribution in [1.29, 1.82) is 0 Å². The molecular formula is C27H22Cl2N2O4S. The first-order valence-corrected chi connectivity index (χ1v) is 12.5. The summed E-state index contributed by atoms with van der Waals surface area (Å²) in [5.74, 6) is -1.63. The van der Waals surface area contributed by atoms with E-state index >= 15 is 0 Å². The van der Waals surface area contributed by atoms with E-state index in [1.54, 1.807) is 51.1 Å². The van der Waals surface area contributed by atoms with Gasteiger partial charge in [-0.25, -0.2) is 4.79 Å². The minimum absolute atomic E-state index is 0.0108. The van der Waals surface area contributed by atoms with Gasteiger partial charge in [-0.2, -0.15) is 0 Å². The molecule has 0 fully saturated rings. The van der Waals surface area contributed by atoms with Gasteiger partial charge in [-0.05, 0) is 69.3 Å². The second kappa shape index (κ2) is 10.3. The normalized spacial score (nSPS) is 11.2. The summed E-state index contributed by atoms with van der Waals surface area (Å²) in [4.78, 5) is 39.4. The molecular weight excluding hydrogens is 519 g/mol. The van der Waals surface area contributed by atoms with E-state index in [4.69, 9.17) is 27.9 Å². The number of amides is 2. The van der Waals surface area contributed by atoms with Crippen LogP contribution in [0.5, 0.6) is 0 Å². The molecule has 3 aromatic carbocycles. The summed E-state index contributed by atoms with van der Waals surface area (Å²) >= 11 is 13.6. The van der Waals surface area contributed by atoms with E-state index in [1.165, 1.54) is 23.5 Å². The van der Waals surface area contributed by atoms with Crippen LogP contribution < -0.4 is 10.6 Å². The van der Waals surface area contributed by atoms with Crippen molar-refractivity contribution in [2.45, 2.75) is 26.4 Å². The third-order valence-electron chi connectivity index (χ3n) is 4.98. The van der Waals surface area contributed by atoms with Crippen LogP contribution in [0.25, 0.3) is 10.1 Å². The van der Waals surface area contributed by atoms with Crippen molar-refractivity contribution < 1.29 is 19.1 Å². The molecule has 2 amide bonds. The van der Waals surface area contributed by atoms with Gasteiger partial charge in [-0.3, -0.25) is 9.59 Å². The Kier molecular flexibility index (Phi) is 7.36. The van der Waals surface area contributed by atoms with Gasteiger partial charge in [0.2, 0.25) is 0 Å². The van der Waals surface area contributed by atoms with Crippen molar-refractivity contribution in [3.8, 4) is 0 Å². The maximum absolute atomic E-state index is 13.0. The first kappa shape index (κ1) is 25.7. The van der Waals surface area contributed by atoms with Crippen LogP contribution in [0.3, 0.4) is 0 Å². The topological polar surface area (TPSA) is 84.5 Å². The van der Waals surface area contributed by atoms with Crippen molar-refractivity contribution in [3.05, 3.63) is 92.8 Å². The van der Waals surface area contributed by atoms with E-state index < -0.39 is 23.4 Å². The Bertz CT molecular complexity index is 1470. The van der Waals surface area contributed by atoms with Crippen LogP contribution in [-0.2, 0) is 4.74 Å². The summed E-state index contributed by atoms with van der Waals surface area (Å²) in [6.45, 7) is 5.19. The number of carbonyl (C=O) groups is 3. The average Bonchev–Trinajstić information content (AvgIpc) is 3.16. The number of esters is 1. The Morgan fingerprint density at radius 1 is 0.806 bits per heavy atom. The SMILES string of the molecule is CC(C)(C)OC(=O)c1cc(NC(=O)c2sc3ccccc3c2Cl)ccc1C(=O)Nc1ccc(Cl)cc1. The molecule has 0 bridgehead atoms. The second-order valence-corrected chi connectivity index (χ2v) is 10.8. The minimum Gasteiger partial charge on any atom is -0.456 e. The Morgan fingerprint density at radius 2 is 1.44 bits per heavy atom. The number of hydrogen-bond acceptors (Lipinski definition) is 5. The highest BCUT2D eigenvalue weighted by Crippen LogP contribution is 2.35. The average molecular weight is 541 g/mol. The lowest BCUT2D eigenvalue weighted by atomic mass is 10.0. The molecule has 184 valence electrons. The van der Waals surface area contributed by atoms with Gasteiger partial charge >= 0.3 is 5.97 Å². The number of thiophene rings is 1. The number of nitrogens with one attached hydrogen (secondary N) is 2. The quantitative estimate of drug-likeness (QED) is 0.254. The van der Waals surface area contributed by atoms with E-state index in [1.807, 2.05) is 24.3 Å². The highest BCUT2D eigenvalue weighted by molar-refractivity contribution is 7.21. The third-order valence-corrected chi connectivity index (χ3v) is 6.91. The third kappa shape index (κ3) is 5.87. The number of benzene rings is 3.